The Morgan fingerprint density at radius 2 is 2.22 bits per heavy atom. The summed E-state index contributed by atoms with van der Waals surface area (Å²) in [4.78, 5) is 2.60. The highest BCUT2D eigenvalue weighted by Gasteiger charge is 2.24. The molecule has 1 saturated heterocycles. The average molecular weight is 266 g/mol. The lowest BCUT2D eigenvalue weighted by atomic mass is 9.89. The first-order valence-electron chi connectivity index (χ1n) is 7.18. The van der Waals surface area contributed by atoms with E-state index in [1.165, 1.54) is 37.9 Å². The Morgan fingerprint density at radius 1 is 1.39 bits per heavy atom. The van der Waals surface area contributed by atoms with Crippen LogP contribution >= 0.6 is 11.3 Å². The molecule has 0 amide bonds. The molecule has 0 spiro atoms. The zero-order valence-corrected chi connectivity index (χ0v) is 12.5. The summed E-state index contributed by atoms with van der Waals surface area (Å²) in [5, 5.41) is 4.41. The first-order valence-corrected chi connectivity index (χ1v) is 8.13. The average Bonchev–Trinajstić information content (AvgIpc) is 2.75. The highest BCUT2D eigenvalue weighted by Crippen LogP contribution is 2.29. The van der Waals surface area contributed by atoms with Crippen LogP contribution < -0.4 is 5.73 Å². The third-order valence-corrected chi connectivity index (χ3v) is 5.04. The summed E-state index contributed by atoms with van der Waals surface area (Å²) in [6.07, 6.45) is 4.04. The lowest BCUT2D eigenvalue weighted by Gasteiger charge is -2.29. The van der Waals surface area contributed by atoms with Gasteiger partial charge in [0.2, 0.25) is 0 Å². The van der Waals surface area contributed by atoms with Crippen LogP contribution in [0.5, 0.6) is 0 Å². The summed E-state index contributed by atoms with van der Waals surface area (Å²) in [6.45, 7) is 7.88. The highest BCUT2D eigenvalue weighted by atomic mass is 32.1. The molecule has 0 bridgehead atoms. The molecule has 0 saturated carbocycles. The van der Waals surface area contributed by atoms with Crippen molar-refractivity contribution >= 4 is 11.3 Å². The number of hydrogen-bond acceptors (Lipinski definition) is 3. The van der Waals surface area contributed by atoms with Gasteiger partial charge < -0.3 is 5.73 Å². The maximum atomic E-state index is 6.00. The van der Waals surface area contributed by atoms with Crippen LogP contribution in [0, 0.1) is 11.8 Å². The van der Waals surface area contributed by atoms with Crippen molar-refractivity contribution in [1.29, 1.82) is 0 Å². The van der Waals surface area contributed by atoms with Crippen LogP contribution in [0.15, 0.2) is 16.8 Å². The van der Waals surface area contributed by atoms with Gasteiger partial charge in [-0.05, 0) is 66.6 Å². The first-order chi connectivity index (χ1) is 8.72. The van der Waals surface area contributed by atoms with Crippen LogP contribution in [0.2, 0.25) is 0 Å². The maximum absolute atomic E-state index is 6.00. The number of thiophene rings is 1. The van der Waals surface area contributed by atoms with E-state index in [0.29, 0.717) is 6.04 Å². The van der Waals surface area contributed by atoms with E-state index in [1.54, 1.807) is 11.3 Å². The lowest BCUT2D eigenvalue weighted by molar-refractivity contribution is 0.204. The molecule has 1 aliphatic rings. The fourth-order valence-corrected chi connectivity index (χ4v) is 3.79. The molecule has 1 aromatic rings. The summed E-state index contributed by atoms with van der Waals surface area (Å²) in [5.74, 6) is 1.72. The van der Waals surface area contributed by atoms with Crippen LogP contribution in [0.1, 0.15) is 44.7 Å². The predicted octanol–water partition coefficient (Wildman–Crippen LogP) is 3.51. The van der Waals surface area contributed by atoms with E-state index in [9.17, 15) is 0 Å². The Bertz CT molecular complexity index is 334. The Labute approximate surface area is 115 Å². The molecule has 1 aliphatic heterocycles. The molecule has 0 aromatic carbocycles. The van der Waals surface area contributed by atoms with Crippen molar-refractivity contribution in [3.63, 3.8) is 0 Å². The van der Waals surface area contributed by atoms with Gasteiger partial charge in [-0.1, -0.05) is 13.8 Å². The fraction of sp³-hybridized carbons (Fsp3) is 0.733. The third kappa shape index (κ3) is 3.34. The maximum Gasteiger partial charge on any atom is 0.0478 e. The fourth-order valence-electron chi connectivity index (χ4n) is 3.08. The van der Waals surface area contributed by atoms with Gasteiger partial charge in [0.05, 0.1) is 0 Å². The Hall–Kier alpha value is -0.380. The van der Waals surface area contributed by atoms with Gasteiger partial charge in [0.1, 0.15) is 0 Å². The molecule has 0 aliphatic carbocycles. The topological polar surface area (TPSA) is 29.3 Å². The van der Waals surface area contributed by atoms with Crippen molar-refractivity contribution in [2.45, 2.75) is 39.2 Å². The largest absolute Gasteiger partial charge is 0.329 e. The van der Waals surface area contributed by atoms with Crippen LogP contribution in [0.25, 0.3) is 0 Å². The lowest BCUT2D eigenvalue weighted by Crippen LogP contribution is -2.34. The molecule has 102 valence electrons. The van der Waals surface area contributed by atoms with Crippen molar-refractivity contribution in [3.05, 3.63) is 22.4 Å². The molecule has 18 heavy (non-hydrogen) atoms. The first kappa shape index (κ1) is 14.0. The van der Waals surface area contributed by atoms with Crippen molar-refractivity contribution in [2.75, 3.05) is 19.6 Å². The Morgan fingerprint density at radius 3 is 2.83 bits per heavy atom. The molecule has 1 aromatic heterocycles. The predicted molar refractivity (Wildman–Crippen MR) is 79.9 cm³/mol. The van der Waals surface area contributed by atoms with Crippen LogP contribution in [-0.4, -0.2) is 24.5 Å². The summed E-state index contributed by atoms with van der Waals surface area (Å²) in [6, 6.07) is 2.66. The molecule has 2 heterocycles. The number of nitrogens with zero attached hydrogens (tertiary/aromatic N) is 1. The minimum Gasteiger partial charge on any atom is -0.329 e. The van der Waals surface area contributed by atoms with Gasteiger partial charge in [-0.25, -0.2) is 0 Å². The molecule has 2 nitrogen and oxygen atoms in total. The van der Waals surface area contributed by atoms with E-state index in [4.69, 9.17) is 5.73 Å². The molecule has 0 radical (unpaired) electrons. The second-order valence-corrected chi connectivity index (χ2v) is 6.56. The second-order valence-electron chi connectivity index (χ2n) is 5.78. The van der Waals surface area contributed by atoms with E-state index in [-0.39, 0.29) is 0 Å². The van der Waals surface area contributed by atoms with Crippen molar-refractivity contribution in [3.8, 4) is 0 Å². The van der Waals surface area contributed by atoms with Gasteiger partial charge in [0.25, 0.3) is 0 Å². The summed E-state index contributed by atoms with van der Waals surface area (Å²) < 4.78 is 0. The highest BCUT2D eigenvalue weighted by molar-refractivity contribution is 7.07. The van der Waals surface area contributed by atoms with E-state index in [1.807, 2.05) is 0 Å². The standard InChI is InChI=1S/C15H26N2S/c1-12(2)13-4-3-7-17(8-5-13)15(10-16)14-6-9-18-11-14/h6,9,11-13,15H,3-5,7-8,10,16H2,1-2H3. The van der Waals surface area contributed by atoms with Crippen molar-refractivity contribution in [1.82, 2.24) is 4.90 Å². The van der Waals surface area contributed by atoms with E-state index in [0.717, 1.165) is 18.4 Å². The molecule has 1 fully saturated rings. The van der Waals surface area contributed by atoms with Gasteiger partial charge in [-0.15, -0.1) is 0 Å². The number of likely N-dealkylation sites (tertiary alicyclic amines) is 1. The van der Waals surface area contributed by atoms with Gasteiger partial charge in [-0.2, -0.15) is 11.3 Å². The molecular weight excluding hydrogens is 240 g/mol. The number of rotatable bonds is 4. The molecule has 2 atom stereocenters. The van der Waals surface area contributed by atoms with E-state index in [2.05, 4.69) is 35.6 Å². The smallest absolute Gasteiger partial charge is 0.0478 e. The van der Waals surface area contributed by atoms with Crippen LogP contribution in [0.3, 0.4) is 0 Å². The molecule has 3 heteroatoms. The van der Waals surface area contributed by atoms with Gasteiger partial charge in [-0.3, -0.25) is 4.90 Å². The summed E-state index contributed by atoms with van der Waals surface area (Å²) in [7, 11) is 0. The summed E-state index contributed by atoms with van der Waals surface area (Å²) in [5.41, 5.74) is 7.41. The molecule has 2 unspecified atom stereocenters. The van der Waals surface area contributed by atoms with Gasteiger partial charge in [0, 0.05) is 12.6 Å². The Kier molecular flexibility index (Phi) is 5.22. The van der Waals surface area contributed by atoms with Gasteiger partial charge >= 0.3 is 0 Å². The third-order valence-electron chi connectivity index (χ3n) is 4.34. The molecule has 2 N–H and O–H groups in total. The minimum absolute atomic E-state index is 0.433. The van der Waals surface area contributed by atoms with E-state index >= 15 is 0 Å². The van der Waals surface area contributed by atoms with E-state index < -0.39 is 0 Å². The molecular formula is C15H26N2S. The second kappa shape index (κ2) is 6.69. The number of nitrogens with two attached hydrogens (primary N) is 1. The van der Waals surface area contributed by atoms with Crippen LogP contribution in [0.4, 0.5) is 0 Å². The van der Waals surface area contributed by atoms with Crippen molar-refractivity contribution in [2.24, 2.45) is 17.6 Å². The molecule has 2 rings (SSSR count). The van der Waals surface area contributed by atoms with Crippen LogP contribution in [-0.2, 0) is 0 Å². The minimum atomic E-state index is 0.433. The van der Waals surface area contributed by atoms with Gasteiger partial charge in [0.15, 0.2) is 0 Å². The summed E-state index contributed by atoms with van der Waals surface area (Å²) >= 11 is 1.78. The zero-order chi connectivity index (χ0) is 13.0. The zero-order valence-electron chi connectivity index (χ0n) is 11.6. The van der Waals surface area contributed by atoms with Crippen molar-refractivity contribution < 1.29 is 0 Å². The normalized spacial score (nSPS) is 24.1. The quantitative estimate of drug-likeness (QED) is 0.903. The monoisotopic (exact) mass is 266 g/mol. The SMILES string of the molecule is CC(C)C1CCCN(C(CN)c2ccsc2)CC1. The Balaban J connectivity index is 2.00. The number of hydrogen-bond donors (Lipinski definition) is 1.